The molecule has 0 radical (unpaired) electrons. The molecular formula is C16H16N2O4S. The molecule has 2 aromatic carbocycles. The highest BCUT2D eigenvalue weighted by molar-refractivity contribution is 7.99. The lowest BCUT2D eigenvalue weighted by molar-refractivity contribution is -0.385. The molecule has 0 heterocycles. The molecule has 2 aromatic rings. The Morgan fingerprint density at radius 3 is 2.57 bits per heavy atom. The normalized spacial score (nSPS) is 10.2. The van der Waals surface area contributed by atoms with Gasteiger partial charge in [-0.25, -0.2) is 0 Å². The molecule has 0 bridgehead atoms. The first-order chi connectivity index (χ1) is 11.0. The first kappa shape index (κ1) is 16.8. The first-order valence-corrected chi connectivity index (χ1v) is 8.20. The summed E-state index contributed by atoms with van der Waals surface area (Å²) in [6.07, 6.45) is 1.85. The van der Waals surface area contributed by atoms with Crippen molar-refractivity contribution in [2.75, 3.05) is 17.3 Å². The molecule has 7 heteroatoms. The predicted octanol–water partition coefficient (Wildman–Crippen LogP) is 4.00. The average molecular weight is 332 g/mol. The highest BCUT2D eigenvalue weighted by Gasteiger charge is 2.15. The van der Waals surface area contributed by atoms with Gasteiger partial charge < -0.3 is 10.1 Å². The summed E-state index contributed by atoms with van der Waals surface area (Å²) in [5.41, 5.74) is 1.35. The summed E-state index contributed by atoms with van der Waals surface area (Å²) in [5.74, 6) is 0.938. The number of thioether (sulfide) groups is 1. The van der Waals surface area contributed by atoms with Crippen molar-refractivity contribution in [2.24, 2.45) is 0 Å². The van der Waals surface area contributed by atoms with Crippen molar-refractivity contribution in [1.82, 2.24) is 0 Å². The molecule has 1 N–H and O–H groups in total. The number of carbonyl (C=O) groups is 1. The van der Waals surface area contributed by atoms with Crippen LogP contribution in [0.15, 0.2) is 42.5 Å². The second-order valence-corrected chi connectivity index (χ2v) is 5.70. The lowest BCUT2D eigenvalue weighted by Gasteiger charge is -2.08. The van der Waals surface area contributed by atoms with E-state index in [9.17, 15) is 14.9 Å². The molecule has 0 aliphatic carbocycles. The number of ether oxygens (including phenoxy) is 1. The van der Waals surface area contributed by atoms with Crippen molar-refractivity contribution in [1.29, 1.82) is 0 Å². The van der Waals surface area contributed by atoms with Gasteiger partial charge in [-0.2, -0.15) is 11.8 Å². The molecule has 0 atom stereocenters. The van der Waals surface area contributed by atoms with Gasteiger partial charge in [0.25, 0.3) is 0 Å². The Morgan fingerprint density at radius 2 is 1.96 bits per heavy atom. The van der Waals surface area contributed by atoms with Gasteiger partial charge >= 0.3 is 5.69 Å². The van der Waals surface area contributed by atoms with E-state index in [-0.39, 0.29) is 17.3 Å². The van der Waals surface area contributed by atoms with Gasteiger partial charge in [0, 0.05) is 11.8 Å². The smallest absolute Gasteiger partial charge is 0.311 e. The standard InChI is InChI=1S/C16H16N2O4S/c1-11-3-8-15(14(9-11)18(20)21)22-13-6-4-12(5-7-13)17-16(19)10-23-2/h3-9H,10H2,1-2H3,(H,17,19). The van der Waals surface area contributed by atoms with Gasteiger partial charge in [-0.05, 0) is 49.1 Å². The highest BCUT2D eigenvalue weighted by Crippen LogP contribution is 2.32. The molecule has 23 heavy (non-hydrogen) atoms. The minimum absolute atomic E-state index is 0.0812. The van der Waals surface area contributed by atoms with Crippen molar-refractivity contribution in [3.8, 4) is 11.5 Å². The fourth-order valence-corrected chi connectivity index (χ4v) is 2.25. The molecular weight excluding hydrogens is 316 g/mol. The Morgan fingerprint density at radius 1 is 1.26 bits per heavy atom. The number of nitro groups is 1. The Bertz CT molecular complexity index is 717. The largest absolute Gasteiger partial charge is 0.450 e. The molecule has 0 aromatic heterocycles. The number of hydrogen-bond acceptors (Lipinski definition) is 5. The lowest BCUT2D eigenvalue weighted by atomic mass is 10.2. The summed E-state index contributed by atoms with van der Waals surface area (Å²) in [7, 11) is 0. The van der Waals surface area contributed by atoms with Crippen LogP contribution in [0.3, 0.4) is 0 Å². The number of nitrogens with one attached hydrogen (secondary N) is 1. The average Bonchev–Trinajstić information content (AvgIpc) is 2.51. The molecule has 0 aliphatic heterocycles. The fraction of sp³-hybridized carbons (Fsp3) is 0.188. The van der Waals surface area contributed by atoms with E-state index >= 15 is 0 Å². The minimum atomic E-state index is -0.473. The van der Waals surface area contributed by atoms with Crippen molar-refractivity contribution in [3.63, 3.8) is 0 Å². The van der Waals surface area contributed by atoms with Gasteiger partial charge in [0.05, 0.1) is 10.7 Å². The van der Waals surface area contributed by atoms with Gasteiger partial charge in [0.15, 0.2) is 0 Å². The highest BCUT2D eigenvalue weighted by atomic mass is 32.2. The summed E-state index contributed by atoms with van der Waals surface area (Å²) in [4.78, 5) is 22.1. The quantitative estimate of drug-likeness (QED) is 0.639. The van der Waals surface area contributed by atoms with Crippen LogP contribution in [-0.4, -0.2) is 22.8 Å². The van der Waals surface area contributed by atoms with E-state index in [1.54, 1.807) is 43.3 Å². The second-order valence-electron chi connectivity index (χ2n) is 4.84. The number of hydrogen-bond donors (Lipinski definition) is 1. The van der Waals surface area contributed by atoms with Gasteiger partial charge in [0.2, 0.25) is 11.7 Å². The third kappa shape index (κ3) is 4.72. The van der Waals surface area contributed by atoms with E-state index in [0.717, 1.165) is 5.56 Å². The summed E-state index contributed by atoms with van der Waals surface area (Å²) < 4.78 is 5.57. The number of nitrogens with zero attached hydrogens (tertiary/aromatic N) is 1. The second kappa shape index (κ2) is 7.64. The maximum Gasteiger partial charge on any atom is 0.311 e. The topological polar surface area (TPSA) is 81.5 Å². The summed E-state index contributed by atoms with van der Waals surface area (Å²) in [6, 6.07) is 11.5. The Labute approximate surface area is 138 Å². The first-order valence-electron chi connectivity index (χ1n) is 6.81. The van der Waals surface area contributed by atoms with Crippen molar-refractivity contribution < 1.29 is 14.5 Å². The maximum absolute atomic E-state index is 11.5. The zero-order chi connectivity index (χ0) is 16.8. The molecule has 0 saturated carbocycles. The van der Waals surface area contributed by atoms with Crippen LogP contribution in [0.25, 0.3) is 0 Å². The van der Waals surface area contributed by atoms with E-state index in [1.165, 1.54) is 17.8 Å². The van der Waals surface area contributed by atoms with Crippen LogP contribution < -0.4 is 10.1 Å². The lowest BCUT2D eigenvalue weighted by Crippen LogP contribution is -2.13. The summed E-state index contributed by atoms with van der Waals surface area (Å²) >= 11 is 1.44. The Hall–Kier alpha value is -2.54. The number of anilines is 1. The summed E-state index contributed by atoms with van der Waals surface area (Å²) in [5, 5.41) is 13.8. The number of carbonyl (C=O) groups excluding carboxylic acids is 1. The van der Waals surface area contributed by atoms with Crippen LogP contribution in [0.2, 0.25) is 0 Å². The van der Waals surface area contributed by atoms with Crippen LogP contribution >= 0.6 is 11.8 Å². The Kier molecular flexibility index (Phi) is 5.59. The Balaban J connectivity index is 2.12. The van der Waals surface area contributed by atoms with Gasteiger partial charge in [-0.15, -0.1) is 0 Å². The molecule has 6 nitrogen and oxygen atoms in total. The van der Waals surface area contributed by atoms with Crippen LogP contribution in [0.1, 0.15) is 5.56 Å². The zero-order valence-electron chi connectivity index (χ0n) is 12.7. The molecule has 0 fully saturated rings. The molecule has 120 valence electrons. The molecule has 0 aliphatic rings. The van der Waals surface area contributed by atoms with Crippen molar-refractivity contribution in [2.45, 2.75) is 6.92 Å². The molecule has 0 unspecified atom stereocenters. The number of aryl methyl sites for hydroxylation is 1. The number of rotatable bonds is 6. The van der Waals surface area contributed by atoms with E-state index in [1.807, 2.05) is 6.26 Å². The zero-order valence-corrected chi connectivity index (χ0v) is 13.6. The van der Waals surface area contributed by atoms with E-state index in [4.69, 9.17) is 4.74 Å². The summed E-state index contributed by atoms with van der Waals surface area (Å²) in [6.45, 7) is 1.78. The van der Waals surface area contributed by atoms with E-state index in [2.05, 4.69) is 5.32 Å². The third-order valence-corrected chi connectivity index (χ3v) is 3.50. The molecule has 0 spiro atoms. The monoisotopic (exact) mass is 332 g/mol. The predicted molar refractivity (Wildman–Crippen MR) is 91.4 cm³/mol. The van der Waals surface area contributed by atoms with Crippen LogP contribution in [0.5, 0.6) is 11.5 Å². The van der Waals surface area contributed by atoms with E-state index in [0.29, 0.717) is 17.2 Å². The number of benzene rings is 2. The van der Waals surface area contributed by atoms with Crippen LogP contribution in [0.4, 0.5) is 11.4 Å². The van der Waals surface area contributed by atoms with Gasteiger partial charge in [0.1, 0.15) is 5.75 Å². The third-order valence-electron chi connectivity index (χ3n) is 2.95. The van der Waals surface area contributed by atoms with Crippen molar-refractivity contribution in [3.05, 3.63) is 58.1 Å². The number of amides is 1. The SMILES string of the molecule is CSCC(=O)Nc1ccc(Oc2ccc(C)cc2[N+](=O)[O-])cc1. The maximum atomic E-state index is 11.5. The molecule has 0 saturated heterocycles. The number of nitro benzene ring substituents is 1. The molecule has 1 amide bonds. The van der Waals surface area contributed by atoms with Crippen LogP contribution in [-0.2, 0) is 4.79 Å². The van der Waals surface area contributed by atoms with Crippen LogP contribution in [0, 0.1) is 17.0 Å². The van der Waals surface area contributed by atoms with Gasteiger partial charge in [-0.1, -0.05) is 6.07 Å². The fourth-order valence-electron chi connectivity index (χ4n) is 1.92. The van der Waals surface area contributed by atoms with Crippen molar-refractivity contribution >= 4 is 29.0 Å². The van der Waals surface area contributed by atoms with E-state index < -0.39 is 4.92 Å². The molecule has 2 rings (SSSR count). The minimum Gasteiger partial charge on any atom is -0.450 e. The van der Waals surface area contributed by atoms with Gasteiger partial charge in [-0.3, -0.25) is 14.9 Å².